The molecule has 0 saturated carbocycles. The lowest BCUT2D eigenvalue weighted by Gasteiger charge is -2.10. The van der Waals surface area contributed by atoms with E-state index in [4.69, 9.17) is 4.52 Å². The molecule has 0 amide bonds. The Morgan fingerprint density at radius 1 is 1.33 bits per heavy atom. The summed E-state index contributed by atoms with van der Waals surface area (Å²) in [5.74, 6) is 1.78. The lowest BCUT2D eigenvalue weighted by Crippen LogP contribution is -2.37. The number of nitrogens with one attached hydrogen (secondary N) is 2. The van der Waals surface area contributed by atoms with Gasteiger partial charge in [-0.25, -0.2) is 0 Å². The summed E-state index contributed by atoms with van der Waals surface area (Å²) in [6.07, 6.45) is 4.23. The Hall–Kier alpha value is -2.05. The quantitative estimate of drug-likeness (QED) is 0.295. The van der Waals surface area contributed by atoms with Gasteiger partial charge in [0.05, 0.1) is 19.3 Å². The van der Waals surface area contributed by atoms with Gasteiger partial charge in [0.15, 0.2) is 11.7 Å². The number of ether oxygens (including phenoxy) is 1. The highest BCUT2D eigenvalue weighted by Gasteiger charge is 2.13. The van der Waals surface area contributed by atoms with Crippen molar-refractivity contribution >= 4 is 11.9 Å². The van der Waals surface area contributed by atoms with Crippen LogP contribution >= 0.6 is 0 Å². The number of carbonyl (C=O) groups excluding carboxylic acids is 1. The van der Waals surface area contributed by atoms with Crippen molar-refractivity contribution in [2.24, 2.45) is 4.99 Å². The van der Waals surface area contributed by atoms with Gasteiger partial charge in [-0.15, -0.1) is 0 Å². The number of guanidine groups is 1. The van der Waals surface area contributed by atoms with Crippen molar-refractivity contribution in [3.05, 3.63) is 17.5 Å². The fraction of sp³-hybridized carbons (Fsp3) is 0.706. The van der Waals surface area contributed by atoms with E-state index < -0.39 is 0 Å². The summed E-state index contributed by atoms with van der Waals surface area (Å²) in [6, 6.07) is 2.01. The molecule has 0 aliphatic heterocycles. The zero-order chi connectivity index (χ0) is 17.8. The van der Waals surface area contributed by atoms with E-state index >= 15 is 0 Å². The first-order valence-electron chi connectivity index (χ1n) is 8.61. The van der Waals surface area contributed by atoms with E-state index in [0.717, 1.165) is 43.7 Å². The predicted octanol–water partition coefficient (Wildman–Crippen LogP) is 2.59. The molecule has 0 unspecified atom stereocenters. The second kappa shape index (κ2) is 11.5. The van der Waals surface area contributed by atoms with Gasteiger partial charge in [0, 0.05) is 32.0 Å². The monoisotopic (exact) mass is 338 g/mol. The molecule has 0 fully saturated rings. The minimum absolute atomic E-state index is 0.170. The lowest BCUT2D eigenvalue weighted by molar-refractivity contribution is -0.140. The van der Waals surface area contributed by atoms with Crippen LogP contribution in [-0.2, 0) is 16.1 Å². The summed E-state index contributed by atoms with van der Waals surface area (Å²) < 4.78 is 9.99. The topological polar surface area (TPSA) is 88.8 Å². The van der Waals surface area contributed by atoms with Crippen LogP contribution in [0.2, 0.25) is 0 Å². The third kappa shape index (κ3) is 7.02. The van der Waals surface area contributed by atoms with Crippen LogP contribution in [-0.4, -0.2) is 37.8 Å². The summed E-state index contributed by atoms with van der Waals surface area (Å²) >= 11 is 0. The van der Waals surface area contributed by atoms with Crippen molar-refractivity contribution in [3.8, 4) is 0 Å². The van der Waals surface area contributed by atoms with Gasteiger partial charge in [0.2, 0.25) is 0 Å². The van der Waals surface area contributed by atoms with Crippen molar-refractivity contribution in [2.75, 3.05) is 20.7 Å². The molecule has 1 heterocycles. The highest BCUT2D eigenvalue weighted by Crippen LogP contribution is 2.22. The number of aliphatic imine (C=N–C) groups is 1. The first kappa shape index (κ1) is 20.0. The Labute approximate surface area is 144 Å². The van der Waals surface area contributed by atoms with Gasteiger partial charge in [-0.05, 0) is 25.7 Å². The van der Waals surface area contributed by atoms with Gasteiger partial charge < -0.3 is 19.9 Å². The smallest absolute Gasteiger partial charge is 0.305 e. The minimum Gasteiger partial charge on any atom is -0.469 e. The van der Waals surface area contributed by atoms with Crippen LogP contribution in [0.1, 0.15) is 63.3 Å². The predicted molar refractivity (Wildman–Crippen MR) is 93.9 cm³/mol. The Morgan fingerprint density at radius 2 is 2.08 bits per heavy atom. The molecule has 1 rings (SSSR count). The number of unbranched alkanes of at least 4 members (excludes halogenated alkanes) is 1. The normalized spacial score (nSPS) is 11.6. The van der Waals surface area contributed by atoms with Crippen molar-refractivity contribution in [2.45, 2.75) is 58.4 Å². The lowest BCUT2D eigenvalue weighted by atomic mass is 9.99. The Kier molecular flexibility index (Phi) is 9.56. The largest absolute Gasteiger partial charge is 0.469 e. The molecule has 1 aromatic heterocycles. The zero-order valence-corrected chi connectivity index (χ0v) is 15.2. The van der Waals surface area contributed by atoms with Crippen LogP contribution in [0, 0.1) is 0 Å². The van der Waals surface area contributed by atoms with E-state index in [-0.39, 0.29) is 5.97 Å². The second-order valence-electron chi connectivity index (χ2n) is 5.62. The fourth-order valence-electron chi connectivity index (χ4n) is 2.41. The van der Waals surface area contributed by atoms with Crippen molar-refractivity contribution in [1.82, 2.24) is 15.8 Å². The maximum absolute atomic E-state index is 11.0. The average molecular weight is 338 g/mol. The van der Waals surface area contributed by atoms with E-state index in [1.807, 2.05) is 6.07 Å². The minimum atomic E-state index is -0.170. The average Bonchev–Trinajstić information content (AvgIpc) is 3.06. The van der Waals surface area contributed by atoms with Crippen molar-refractivity contribution in [3.63, 3.8) is 0 Å². The SMILES string of the molecule is CCC(CC)c1cc(CNC(=NC)NCCCCC(=O)OC)on1. The van der Waals surface area contributed by atoms with E-state index in [1.54, 1.807) is 7.05 Å². The number of carbonyl (C=O) groups is 1. The molecule has 2 N–H and O–H groups in total. The zero-order valence-electron chi connectivity index (χ0n) is 15.2. The molecule has 1 aromatic rings. The Morgan fingerprint density at radius 3 is 2.71 bits per heavy atom. The molecule has 0 radical (unpaired) electrons. The van der Waals surface area contributed by atoms with E-state index in [1.165, 1.54) is 7.11 Å². The van der Waals surface area contributed by atoms with Crippen molar-refractivity contribution < 1.29 is 14.1 Å². The summed E-state index contributed by atoms with van der Waals surface area (Å²) in [7, 11) is 3.13. The second-order valence-corrected chi connectivity index (χ2v) is 5.62. The number of hydrogen-bond donors (Lipinski definition) is 2. The molecule has 0 bridgehead atoms. The number of methoxy groups -OCH3 is 1. The van der Waals surface area contributed by atoms with Crippen LogP contribution in [0.3, 0.4) is 0 Å². The molecule has 0 aromatic carbocycles. The molecular weight excluding hydrogens is 308 g/mol. The van der Waals surface area contributed by atoms with Crippen LogP contribution < -0.4 is 10.6 Å². The maximum atomic E-state index is 11.0. The molecule has 136 valence electrons. The van der Waals surface area contributed by atoms with Crippen molar-refractivity contribution in [1.29, 1.82) is 0 Å². The molecule has 24 heavy (non-hydrogen) atoms. The van der Waals surface area contributed by atoms with E-state index in [2.05, 4.69) is 39.4 Å². The van der Waals surface area contributed by atoms with Crippen LogP contribution in [0.4, 0.5) is 0 Å². The van der Waals surface area contributed by atoms with Gasteiger partial charge in [-0.2, -0.15) is 0 Å². The summed E-state index contributed by atoms with van der Waals surface area (Å²) in [6.45, 7) is 5.60. The molecule has 0 aliphatic carbocycles. The molecular formula is C17H30N4O3. The standard InChI is InChI=1S/C17H30N4O3/c1-5-13(6-2)15-11-14(24-21-15)12-20-17(18-3)19-10-8-7-9-16(22)23-4/h11,13H,5-10,12H2,1-4H3,(H2,18,19,20). The van der Waals surface area contributed by atoms with Gasteiger partial charge in [-0.1, -0.05) is 19.0 Å². The summed E-state index contributed by atoms with van der Waals surface area (Å²) in [4.78, 5) is 15.2. The summed E-state index contributed by atoms with van der Waals surface area (Å²) in [5.41, 5.74) is 1.02. The van der Waals surface area contributed by atoms with E-state index in [9.17, 15) is 4.79 Å². The van der Waals surface area contributed by atoms with Gasteiger partial charge in [-0.3, -0.25) is 9.79 Å². The molecule has 0 atom stereocenters. The third-order valence-electron chi connectivity index (χ3n) is 3.96. The Bertz CT molecular complexity index is 510. The highest BCUT2D eigenvalue weighted by molar-refractivity contribution is 5.79. The van der Waals surface area contributed by atoms with Crippen LogP contribution in [0.25, 0.3) is 0 Å². The van der Waals surface area contributed by atoms with Crippen LogP contribution in [0.5, 0.6) is 0 Å². The van der Waals surface area contributed by atoms with Gasteiger partial charge in [0.25, 0.3) is 0 Å². The molecule has 0 saturated heterocycles. The molecule has 0 spiro atoms. The summed E-state index contributed by atoms with van der Waals surface area (Å²) in [5, 5.41) is 10.6. The molecule has 7 nitrogen and oxygen atoms in total. The van der Waals surface area contributed by atoms with Crippen LogP contribution in [0.15, 0.2) is 15.6 Å². The van der Waals surface area contributed by atoms with Gasteiger partial charge >= 0.3 is 5.97 Å². The fourth-order valence-corrected chi connectivity index (χ4v) is 2.41. The third-order valence-corrected chi connectivity index (χ3v) is 3.96. The number of hydrogen-bond acceptors (Lipinski definition) is 5. The molecule has 0 aliphatic rings. The highest BCUT2D eigenvalue weighted by atomic mass is 16.5. The maximum Gasteiger partial charge on any atom is 0.305 e. The number of rotatable bonds is 10. The Balaban J connectivity index is 2.30. The molecule has 7 heteroatoms. The first-order chi connectivity index (χ1) is 11.6. The number of aromatic nitrogens is 1. The van der Waals surface area contributed by atoms with E-state index in [0.29, 0.717) is 24.8 Å². The number of esters is 1. The number of nitrogens with zero attached hydrogens (tertiary/aromatic N) is 2. The first-order valence-corrected chi connectivity index (χ1v) is 8.61. The van der Waals surface area contributed by atoms with Gasteiger partial charge in [0.1, 0.15) is 0 Å².